The molecule has 2 unspecified atom stereocenters. The molecule has 18 heavy (non-hydrogen) atoms. The first-order chi connectivity index (χ1) is 8.66. The molecular weight excluding hydrogens is 238 g/mol. The number of hydrogen-bond donors (Lipinski definition) is 1. The van der Waals surface area contributed by atoms with Gasteiger partial charge in [0.15, 0.2) is 0 Å². The Bertz CT molecular complexity index is 352. The van der Waals surface area contributed by atoms with Crippen molar-refractivity contribution in [2.24, 2.45) is 5.92 Å². The number of hydrogen-bond acceptors (Lipinski definition) is 2. The molecule has 2 rings (SSSR count). The van der Waals surface area contributed by atoms with Crippen LogP contribution in [-0.4, -0.2) is 18.1 Å². The van der Waals surface area contributed by atoms with Crippen molar-refractivity contribution >= 4 is 11.8 Å². The maximum absolute atomic E-state index is 3.68. The van der Waals surface area contributed by atoms with Gasteiger partial charge in [0, 0.05) is 6.04 Å². The Morgan fingerprint density at radius 1 is 1.17 bits per heavy atom. The Hall–Kier alpha value is -0.470. The molecule has 1 aromatic carbocycles. The minimum absolute atomic E-state index is 0.469. The van der Waals surface area contributed by atoms with Gasteiger partial charge in [-0.05, 0) is 54.4 Å². The molecule has 1 aliphatic heterocycles. The molecule has 1 aromatic rings. The zero-order valence-corrected chi connectivity index (χ0v) is 12.6. The average molecular weight is 263 g/mol. The van der Waals surface area contributed by atoms with Crippen molar-refractivity contribution in [2.45, 2.75) is 39.2 Å². The van der Waals surface area contributed by atoms with Crippen LogP contribution < -0.4 is 5.32 Å². The van der Waals surface area contributed by atoms with Gasteiger partial charge in [-0.1, -0.05) is 38.1 Å². The molecule has 0 amide bonds. The molecule has 1 saturated heterocycles. The zero-order valence-electron chi connectivity index (χ0n) is 11.8. The van der Waals surface area contributed by atoms with E-state index in [1.807, 2.05) is 0 Å². The molecule has 1 fully saturated rings. The van der Waals surface area contributed by atoms with E-state index >= 15 is 0 Å². The molecule has 0 saturated carbocycles. The van der Waals surface area contributed by atoms with E-state index in [1.165, 1.54) is 35.6 Å². The monoisotopic (exact) mass is 263 g/mol. The Kier molecular flexibility index (Phi) is 5.13. The summed E-state index contributed by atoms with van der Waals surface area (Å²) in [5.74, 6) is 4.20. The molecule has 100 valence electrons. The molecule has 0 radical (unpaired) electrons. The Morgan fingerprint density at radius 3 is 2.39 bits per heavy atom. The fourth-order valence-electron chi connectivity index (χ4n) is 2.38. The SMILES string of the molecule is CC(C)c1ccc(C(C)NCC2CCSC2)cc1. The first-order valence-corrected chi connectivity index (χ1v) is 8.23. The zero-order chi connectivity index (χ0) is 13.0. The molecule has 2 atom stereocenters. The summed E-state index contributed by atoms with van der Waals surface area (Å²) in [5.41, 5.74) is 2.84. The van der Waals surface area contributed by atoms with Crippen molar-refractivity contribution in [3.63, 3.8) is 0 Å². The number of benzene rings is 1. The third-order valence-electron chi connectivity index (χ3n) is 3.84. The van der Waals surface area contributed by atoms with Gasteiger partial charge < -0.3 is 5.32 Å². The van der Waals surface area contributed by atoms with Gasteiger partial charge in [0.25, 0.3) is 0 Å². The summed E-state index contributed by atoms with van der Waals surface area (Å²) >= 11 is 2.09. The first kappa shape index (κ1) is 14.0. The normalized spacial score (nSPS) is 21.4. The third kappa shape index (κ3) is 3.76. The molecule has 1 heterocycles. The van der Waals surface area contributed by atoms with Crippen molar-refractivity contribution in [3.8, 4) is 0 Å². The highest BCUT2D eigenvalue weighted by molar-refractivity contribution is 7.99. The van der Waals surface area contributed by atoms with Crippen molar-refractivity contribution in [1.29, 1.82) is 0 Å². The Labute approximate surface area is 116 Å². The lowest BCUT2D eigenvalue weighted by molar-refractivity contribution is 0.477. The second-order valence-corrected chi connectivity index (χ2v) is 6.83. The van der Waals surface area contributed by atoms with Gasteiger partial charge in [-0.3, -0.25) is 0 Å². The molecule has 2 heteroatoms. The summed E-state index contributed by atoms with van der Waals surface area (Å²) in [6.07, 6.45) is 1.39. The van der Waals surface area contributed by atoms with Gasteiger partial charge in [0.05, 0.1) is 0 Å². The summed E-state index contributed by atoms with van der Waals surface area (Å²) in [5, 5.41) is 3.68. The van der Waals surface area contributed by atoms with E-state index in [-0.39, 0.29) is 0 Å². The lowest BCUT2D eigenvalue weighted by Gasteiger charge is -2.18. The van der Waals surface area contributed by atoms with E-state index in [0.29, 0.717) is 12.0 Å². The van der Waals surface area contributed by atoms with Crippen LogP contribution in [0.5, 0.6) is 0 Å². The van der Waals surface area contributed by atoms with Gasteiger partial charge >= 0.3 is 0 Å². The first-order valence-electron chi connectivity index (χ1n) is 7.08. The predicted octanol–water partition coefficient (Wildman–Crippen LogP) is 4.21. The number of nitrogens with one attached hydrogen (secondary N) is 1. The smallest absolute Gasteiger partial charge is 0.0291 e. The van der Waals surface area contributed by atoms with Crippen LogP contribution in [0, 0.1) is 5.92 Å². The second-order valence-electron chi connectivity index (χ2n) is 5.68. The van der Waals surface area contributed by atoms with Gasteiger partial charge in [0.2, 0.25) is 0 Å². The van der Waals surface area contributed by atoms with Gasteiger partial charge in [-0.2, -0.15) is 11.8 Å². The van der Waals surface area contributed by atoms with Crippen molar-refractivity contribution < 1.29 is 0 Å². The second kappa shape index (κ2) is 6.63. The highest BCUT2D eigenvalue weighted by Gasteiger charge is 2.16. The lowest BCUT2D eigenvalue weighted by atomic mass is 9.99. The fourth-order valence-corrected chi connectivity index (χ4v) is 3.66. The lowest BCUT2D eigenvalue weighted by Crippen LogP contribution is -2.25. The van der Waals surface area contributed by atoms with Crippen molar-refractivity contribution in [1.82, 2.24) is 5.32 Å². The number of rotatable bonds is 5. The molecule has 0 spiro atoms. The number of thioether (sulfide) groups is 1. The van der Waals surface area contributed by atoms with Gasteiger partial charge in [-0.25, -0.2) is 0 Å². The highest BCUT2D eigenvalue weighted by atomic mass is 32.2. The minimum Gasteiger partial charge on any atom is -0.310 e. The Balaban J connectivity index is 1.85. The van der Waals surface area contributed by atoms with Crippen LogP contribution in [0.25, 0.3) is 0 Å². The van der Waals surface area contributed by atoms with Gasteiger partial charge in [-0.15, -0.1) is 0 Å². The van der Waals surface area contributed by atoms with Crippen LogP contribution in [0.15, 0.2) is 24.3 Å². The molecule has 1 aliphatic rings. The maximum Gasteiger partial charge on any atom is 0.0291 e. The quantitative estimate of drug-likeness (QED) is 0.854. The van der Waals surface area contributed by atoms with Crippen LogP contribution in [0.4, 0.5) is 0 Å². The Morgan fingerprint density at radius 2 is 1.83 bits per heavy atom. The van der Waals surface area contributed by atoms with E-state index in [2.05, 4.69) is 62.1 Å². The highest BCUT2D eigenvalue weighted by Crippen LogP contribution is 2.24. The van der Waals surface area contributed by atoms with Gasteiger partial charge in [0.1, 0.15) is 0 Å². The summed E-state index contributed by atoms with van der Waals surface area (Å²) in [6, 6.07) is 9.55. The molecular formula is C16H25NS. The van der Waals surface area contributed by atoms with E-state index in [4.69, 9.17) is 0 Å². The van der Waals surface area contributed by atoms with Crippen LogP contribution in [0.1, 0.15) is 50.3 Å². The summed E-state index contributed by atoms with van der Waals surface area (Å²) < 4.78 is 0. The third-order valence-corrected chi connectivity index (χ3v) is 5.07. The summed E-state index contributed by atoms with van der Waals surface area (Å²) in [6.45, 7) is 7.93. The maximum atomic E-state index is 3.68. The standard InChI is InChI=1S/C16H25NS/c1-12(2)15-4-6-16(7-5-15)13(3)17-10-14-8-9-18-11-14/h4-7,12-14,17H,8-11H2,1-3H3. The summed E-state index contributed by atoms with van der Waals surface area (Å²) in [4.78, 5) is 0. The molecule has 0 aliphatic carbocycles. The largest absolute Gasteiger partial charge is 0.310 e. The van der Waals surface area contributed by atoms with E-state index in [0.717, 1.165) is 5.92 Å². The molecule has 1 nitrogen and oxygen atoms in total. The summed E-state index contributed by atoms with van der Waals surface area (Å²) in [7, 11) is 0. The van der Waals surface area contributed by atoms with Crippen molar-refractivity contribution in [2.75, 3.05) is 18.1 Å². The van der Waals surface area contributed by atoms with Crippen molar-refractivity contribution in [3.05, 3.63) is 35.4 Å². The molecule has 1 N–H and O–H groups in total. The minimum atomic E-state index is 0.469. The van der Waals surface area contributed by atoms with Crippen LogP contribution in [0.3, 0.4) is 0 Å². The molecule has 0 bridgehead atoms. The predicted molar refractivity (Wildman–Crippen MR) is 82.4 cm³/mol. The van der Waals surface area contributed by atoms with Crippen LogP contribution in [-0.2, 0) is 0 Å². The van der Waals surface area contributed by atoms with Crippen LogP contribution in [0.2, 0.25) is 0 Å². The topological polar surface area (TPSA) is 12.0 Å². The average Bonchev–Trinajstić information content (AvgIpc) is 2.89. The fraction of sp³-hybridized carbons (Fsp3) is 0.625. The van der Waals surface area contributed by atoms with E-state index in [9.17, 15) is 0 Å². The van der Waals surface area contributed by atoms with E-state index in [1.54, 1.807) is 0 Å². The van der Waals surface area contributed by atoms with E-state index < -0.39 is 0 Å². The van der Waals surface area contributed by atoms with Crippen LogP contribution >= 0.6 is 11.8 Å². The molecule has 0 aromatic heterocycles.